The van der Waals surface area contributed by atoms with Crippen LogP contribution in [-0.4, -0.2) is 16.1 Å². The minimum Gasteiger partial charge on any atom is -0.506 e. The first-order valence-electron chi connectivity index (χ1n) is 6.03. The minimum absolute atomic E-state index is 0.0691. The molecule has 0 saturated heterocycles. The Labute approximate surface area is 122 Å². The van der Waals surface area contributed by atoms with Crippen LogP contribution in [0.1, 0.15) is 15.9 Å². The SMILES string of the molecule is Cc1cccc(C(=O)NC(=S)Nc2ccccc2O)c1. The molecule has 0 heterocycles. The summed E-state index contributed by atoms with van der Waals surface area (Å²) in [5, 5.41) is 15.1. The maximum absolute atomic E-state index is 12.0. The zero-order chi connectivity index (χ0) is 14.5. The molecule has 2 aromatic rings. The van der Waals surface area contributed by atoms with E-state index in [-0.39, 0.29) is 16.8 Å². The van der Waals surface area contributed by atoms with Crippen molar-refractivity contribution in [3.8, 4) is 5.75 Å². The topological polar surface area (TPSA) is 61.4 Å². The van der Waals surface area contributed by atoms with Crippen molar-refractivity contribution < 1.29 is 9.90 Å². The van der Waals surface area contributed by atoms with Gasteiger partial charge < -0.3 is 10.4 Å². The number of anilines is 1. The molecule has 20 heavy (non-hydrogen) atoms. The van der Waals surface area contributed by atoms with E-state index in [2.05, 4.69) is 10.6 Å². The summed E-state index contributed by atoms with van der Waals surface area (Å²) in [5.41, 5.74) is 1.98. The number of benzene rings is 2. The van der Waals surface area contributed by atoms with Gasteiger partial charge in [-0.05, 0) is 43.4 Å². The van der Waals surface area contributed by atoms with Gasteiger partial charge >= 0.3 is 0 Å². The van der Waals surface area contributed by atoms with Crippen LogP contribution in [-0.2, 0) is 0 Å². The number of nitrogens with one attached hydrogen (secondary N) is 2. The van der Waals surface area contributed by atoms with Crippen molar-refractivity contribution >= 4 is 28.9 Å². The van der Waals surface area contributed by atoms with E-state index in [1.165, 1.54) is 6.07 Å². The third-order valence-corrected chi connectivity index (χ3v) is 2.86. The average molecular weight is 286 g/mol. The van der Waals surface area contributed by atoms with Gasteiger partial charge in [-0.1, -0.05) is 29.8 Å². The van der Waals surface area contributed by atoms with Crippen LogP contribution in [0.5, 0.6) is 5.75 Å². The number of hydrogen-bond donors (Lipinski definition) is 3. The second-order valence-corrected chi connectivity index (χ2v) is 4.70. The monoisotopic (exact) mass is 286 g/mol. The van der Waals surface area contributed by atoms with Crippen LogP contribution in [0.2, 0.25) is 0 Å². The second kappa shape index (κ2) is 6.16. The van der Waals surface area contributed by atoms with Crippen molar-refractivity contribution in [2.45, 2.75) is 6.92 Å². The molecule has 3 N–H and O–H groups in total. The molecule has 0 aliphatic carbocycles. The minimum atomic E-state index is -0.290. The first-order chi connectivity index (χ1) is 9.56. The van der Waals surface area contributed by atoms with Crippen LogP contribution in [0.3, 0.4) is 0 Å². The fraction of sp³-hybridized carbons (Fsp3) is 0.0667. The molecule has 4 nitrogen and oxygen atoms in total. The van der Waals surface area contributed by atoms with Gasteiger partial charge in [-0.15, -0.1) is 0 Å². The van der Waals surface area contributed by atoms with Gasteiger partial charge in [0.05, 0.1) is 5.69 Å². The molecule has 2 rings (SSSR count). The van der Waals surface area contributed by atoms with Crippen LogP contribution in [0.25, 0.3) is 0 Å². The van der Waals surface area contributed by atoms with Gasteiger partial charge in [-0.25, -0.2) is 0 Å². The number of amides is 1. The van der Waals surface area contributed by atoms with E-state index >= 15 is 0 Å². The number of rotatable bonds is 2. The highest BCUT2D eigenvalue weighted by Crippen LogP contribution is 2.21. The lowest BCUT2D eigenvalue weighted by molar-refractivity contribution is 0.0977. The summed E-state index contributed by atoms with van der Waals surface area (Å²) in [6, 6.07) is 13.9. The Morgan fingerprint density at radius 1 is 1.15 bits per heavy atom. The Balaban J connectivity index is 2.02. The Morgan fingerprint density at radius 3 is 2.60 bits per heavy atom. The van der Waals surface area contributed by atoms with E-state index in [0.717, 1.165) is 5.56 Å². The summed E-state index contributed by atoms with van der Waals surface area (Å²) in [7, 11) is 0. The molecule has 0 aromatic heterocycles. The predicted octanol–water partition coefficient (Wildman–Crippen LogP) is 2.83. The lowest BCUT2D eigenvalue weighted by Crippen LogP contribution is -2.34. The largest absolute Gasteiger partial charge is 0.506 e. The molecule has 0 aliphatic heterocycles. The quantitative estimate of drug-likeness (QED) is 0.587. The second-order valence-electron chi connectivity index (χ2n) is 4.29. The highest BCUT2D eigenvalue weighted by atomic mass is 32.1. The first kappa shape index (κ1) is 14.0. The molecule has 0 radical (unpaired) electrons. The number of thiocarbonyl (C=S) groups is 1. The molecule has 102 valence electrons. The normalized spacial score (nSPS) is 9.85. The first-order valence-corrected chi connectivity index (χ1v) is 6.44. The summed E-state index contributed by atoms with van der Waals surface area (Å²) in [4.78, 5) is 12.0. The summed E-state index contributed by atoms with van der Waals surface area (Å²) in [5.74, 6) is -0.221. The molecular formula is C15H14N2O2S. The van der Waals surface area contributed by atoms with Gasteiger partial charge in [0.2, 0.25) is 0 Å². The van der Waals surface area contributed by atoms with E-state index in [4.69, 9.17) is 12.2 Å². The van der Waals surface area contributed by atoms with Crippen molar-refractivity contribution in [3.05, 3.63) is 59.7 Å². The van der Waals surface area contributed by atoms with Gasteiger partial charge in [-0.3, -0.25) is 10.1 Å². The molecular weight excluding hydrogens is 272 g/mol. The lowest BCUT2D eigenvalue weighted by atomic mass is 10.1. The van der Waals surface area contributed by atoms with Crippen LogP contribution < -0.4 is 10.6 Å². The predicted molar refractivity (Wildman–Crippen MR) is 83.0 cm³/mol. The standard InChI is InChI=1S/C15H14N2O2S/c1-10-5-4-6-11(9-10)14(19)17-15(20)16-12-7-2-3-8-13(12)18/h2-9,18H,1H3,(H2,16,17,19,20). The van der Waals surface area contributed by atoms with Crippen molar-refractivity contribution in [1.82, 2.24) is 5.32 Å². The number of phenols is 1. The van der Waals surface area contributed by atoms with Crippen molar-refractivity contribution in [3.63, 3.8) is 0 Å². The fourth-order valence-corrected chi connectivity index (χ4v) is 1.90. The lowest BCUT2D eigenvalue weighted by Gasteiger charge is -2.10. The Hall–Kier alpha value is -2.40. The number of aryl methyl sites for hydroxylation is 1. The van der Waals surface area contributed by atoms with Gasteiger partial charge in [0.25, 0.3) is 5.91 Å². The van der Waals surface area contributed by atoms with Gasteiger partial charge in [-0.2, -0.15) is 0 Å². The molecule has 0 fully saturated rings. The van der Waals surface area contributed by atoms with E-state index in [9.17, 15) is 9.90 Å². The number of aromatic hydroxyl groups is 1. The smallest absolute Gasteiger partial charge is 0.257 e. The van der Waals surface area contributed by atoms with E-state index < -0.39 is 0 Å². The summed E-state index contributed by atoms with van der Waals surface area (Å²) >= 11 is 5.05. The third-order valence-electron chi connectivity index (χ3n) is 2.66. The number of carbonyl (C=O) groups excluding carboxylic acids is 1. The van der Waals surface area contributed by atoms with Crippen LogP contribution in [0, 0.1) is 6.92 Å². The Bertz CT molecular complexity index is 656. The average Bonchev–Trinajstić information content (AvgIpc) is 2.41. The fourth-order valence-electron chi connectivity index (χ4n) is 1.69. The van der Waals surface area contributed by atoms with Gasteiger partial charge in [0.15, 0.2) is 5.11 Å². The molecule has 0 saturated carbocycles. The molecule has 0 bridgehead atoms. The van der Waals surface area contributed by atoms with Gasteiger partial charge in [0.1, 0.15) is 5.75 Å². The third kappa shape index (κ3) is 3.55. The Kier molecular flexibility index (Phi) is 4.32. The highest BCUT2D eigenvalue weighted by Gasteiger charge is 2.09. The highest BCUT2D eigenvalue weighted by molar-refractivity contribution is 7.80. The molecule has 2 aromatic carbocycles. The molecule has 5 heteroatoms. The molecule has 0 atom stereocenters. The zero-order valence-electron chi connectivity index (χ0n) is 10.9. The number of phenolic OH excluding ortho intramolecular Hbond substituents is 1. The van der Waals surface area contributed by atoms with Crippen molar-refractivity contribution in [2.75, 3.05) is 5.32 Å². The number of para-hydroxylation sites is 2. The maximum Gasteiger partial charge on any atom is 0.257 e. The zero-order valence-corrected chi connectivity index (χ0v) is 11.7. The van der Waals surface area contributed by atoms with E-state index in [1.807, 2.05) is 19.1 Å². The molecule has 0 aliphatic rings. The van der Waals surface area contributed by atoms with Gasteiger partial charge in [0, 0.05) is 5.56 Å². The molecule has 1 amide bonds. The number of hydrogen-bond acceptors (Lipinski definition) is 3. The maximum atomic E-state index is 12.0. The van der Waals surface area contributed by atoms with Crippen LogP contribution >= 0.6 is 12.2 Å². The summed E-state index contributed by atoms with van der Waals surface area (Å²) < 4.78 is 0. The number of carbonyl (C=O) groups is 1. The Morgan fingerprint density at radius 2 is 1.90 bits per heavy atom. The summed E-state index contributed by atoms with van der Waals surface area (Å²) in [6.45, 7) is 1.91. The summed E-state index contributed by atoms with van der Waals surface area (Å²) in [6.07, 6.45) is 0. The van der Waals surface area contributed by atoms with E-state index in [0.29, 0.717) is 11.3 Å². The molecule has 0 unspecified atom stereocenters. The van der Waals surface area contributed by atoms with Crippen molar-refractivity contribution in [1.29, 1.82) is 0 Å². The van der Waals surface area contributed by atoms with E-state index in [1.54, 1.807) is 30.3 Å². The van der Waals surface area contributed by atoms with Crippen LogP contribution in [0.4, 0.5) is 5.69 Å². The van der Waals surface area contributed by atoms with Crippen LogP contribution in [0.15, 0.2) is 48.5 Å². The van der Waals surface area contributed by atoms with Crippen molar-refractivity contribution in [2.24, 2.45) is 0 Å². The molecule has 0 spiro atoms.